The molecule has 0 saturated carbocycles. The van der Waals surface area contributed by atoms with Crippen molar-refractivity contribution in [2.75, 3.05) is 4.81 Å². The van der Waals surface area contributed by atoms with Crippen molar-refractivity contribution in [1.82, 2.24) is 0 Å². The minimum absolute atomic E-state index is 0.355. The van der Waals surface area contributed by atoms with Crippen molar-refractivity contribution < 1.29 is 4.57 Å². The van der Waals surface area contributed by atoms with Crippen molar-refractivity contribution in [2.24, 2.45) is 7.05 Å². The monoisotopic (exact) mass is 277 g/mol. The Morgan fingerprint density at radius 1 is 1.05 bits per heavy atom. The molecule has 2 aromatic rings. The van der Waals surface area contributed by atoms with Crippen molar-refractivity contribution in [3.05, 3.63) is 58.1 Å². The van der Waals surface area contributed by atoms with Gasteiger partial charge in [-0.05, 0) is 43.9 Å². The highest BCUT2D eigenvalue weighted by atomic mass is 15.2. The molecule has 0 unspecified atom stereocenters. The van der Waals surface area contributed by atoms with E-state index in [9.17, 15) is 0 Å². The quantitative estimate of drug-likeness (QED) is 0.568. The lowest BCUT2D eigenvalue weighted by Crippen LogP contribution is -2.50. The second-order valence-electron chi connectivity index (χ2n) is 6.06. The van der Waals surface area contributed by atoms with Crippen LogP contribution in [0.2, 0.25) is 6.82 Å². The number of benzene rings is 1. The first-order valence-corrected chi connectivity index (χ1v) is 7.53. The summed E-state index contributed by atoms with van der Waals surface area (Å²) in [4.78, 5) is 2.43. The van der Waals surface area contributed by atoms with Gasteiger partial charge in [-0.2, -0.15) is 0 Å². The molecule has 0 saturated heterocycles. The zero-order valence-electron chi connectivity index (χ0n) is 13.5. The second-order valence-corrected chi connectivity index (χ2v) is 6.06. The van der Waals surface area contributed by atoms with Crippen LogP contribution in [0.4, 0.5) is 5.82 Å². The molecule has 0 aliphatic carbocycles. The summed E-state index contributed by atoms with van der Waals surface area (Å²) in [5, 5.41) is 2.67. The summed E-state index contributed by atoms with van der Waals surface area (Å²) in [7, 11) is 2.13. The summed E-state index contributed by atoms with van der Waals surface area (Å²) in [6.45, 7) is 9.18. The van der Waals surface area contributed by atoms with Crippen LogP contribution in [0.25, 0.3) is 11.7 Å². The van der Waals surface area contributed by atoms with Gasteiger partial charge in [0.2, 0.25) is 0 Å². The predicted octanol–water partition coefficient (Wildman–Crippen LogP) is 1.72. The molecule has 0 bridgehead atoms. The van der Waals surface area contributed by atoms with Gasteiger partial charge in [0.15, 0.2) is 0 Å². The van der Waals surface area contributed by atoms with Crippen molar-refractivity contribution in [1.29, 1.82) is 0 Å². The van der Waals surface area contributed by atoms with Gasteiger partial charge < -0.3 is 0 Å². The summed E-state index contributed by atoms with van der Waals surface area (Å²) in [6.07, 6.45) is 2.21. The lowest BCUT2D eigenvalue weighted by molar-refractivity contribution is -0.658. The van der Waals surface area contributed by atoms with E-state index in [0.717, 1.165) is 0 Å². The van der Waals surface area contributed by atoms with E-state index in [2.05, 4.69) is 86.5 Å². The number of nitrogens with zero attached hydrogens (tertiary/aromatic N) is 2. The Morgan fingerprint density at radius 3 is 2.52 bits per heavy atom. The fourth-order valence-corrected chi connectivity index (χ4v) is 3.23. The van der Waals surface area contributed by atoms with Crippen molar-refractivity contribution in [3.63, 3.8) is 0 Å². The van der Waals surface area contributed by atoms with Gasteiger partial charge in [-0.25, -0.2) is 4.57 Å². The molecular formula is C18H22BN2+. The van der Waals surface area contributed by atoms with E-state index in [0.29, 0.717) is 6.85 Å². The molecule has 2 heterocycles. The molecule has 1 aliphatic heterocycles. The van der Waals surface area contributed by atoms with E-state index in [1.165, 1.54) is 33.1 Å². The lowest BCUT2D eigenvalue weighted by atomic mass is 9.60. The Hall–Kier alpha value is -2.03. The lowest BCUT2D eigenvalue weighted by Gasteiger charge is -2.25. The van der Waals surface area contributed by atoms with Gasteiger partial charge in [-0.3, -0.25) is 4.81 Å². The maximum atomic E-state index is 2.43. The number of hydrogen-bond acceptors (Lipinski definition) is 1. The minimum atomic E-state index is 0.355. The molecule has 2 nitrogen and oxygen atoms in total. The van der Waals surface area contributed by atoms with Gasteiger partial charge in [-0.1, -0.05) is 30.2 Å². The van der Waals surface area contributed by atoms with Crippen molar-refractivity contribution in [3.8, 4) is 0 Å². The molecule has 1 aromatic carbocycles. The summed E-state index contributed by atoms with van der Waals surface area (Å²) >= 11 is 0. The molecule has 1 aliphatic rings. The third-order valence-electron chi connectivity index (χ3n) is 4.50. The van der Waals surface area contributed by atoms with Crippen LogP contribution < -0.4 is 19.8 Å². The fourth-order valence-electron chi connectivity index (χ4n) is 3.23. The van der Waals surface area contributed by atoms with Gasteiger partial charge in [0, 0.05) is 11.3 Å². The number of aryl methyl sites for hydroxylation is 3. The van der Waals surface area contributed by atoms with Crippen molar-refractivity contribution >= 4 is 24.3 Å². The maximum Gasteiger partial charge on any atom is 0.402 e. The van der Waals surface area contributed by atoms with E-state index in [-0.39, 0.29) is 0 Å². The Kier molecular flexibility index (Phi) is 3.36. The Balaban J connectivity index is 2.25. The molecule has 1 aromatic heterocycles. The predicted molar refractivity (Wildman–Crippen MR) is 90.4 cm³/mol. The number of rotatable bonds is 1. The van der Waals surface area contributed by atoms with Crippen LogP contribution in [0.15, 0.2) is 36.5 Å². The molecule has 3 rings (SSSR count). The number of anilines is 1. The molecule has 106 valence electrons. The van der Waals surface area contributed by atoms with Crippen LogP contribution in [-0.2, 0) is 7.05 Å². The van der Waals surface area contributed by atoms with Crippen LogP contribution in [0.3, 0.4) is 0 Å². The van der Waals surface area contributed by atoms with Crippen LogP contribution in [-0.4, -0.2) is 6.85 Å². The topological polar surface area (TPSA) is 7.12 Å². The van der Waals surface area contributed by atoms with Gasteiger partial charge in [0.05, 0.1) is 18.9 Å². The first kappa shape index (κ1) is 13.9. The number of hydrogen-bond donors (Lipinski definition) is 0. The Bertz CT molecular complexity index is 824. The minimum Gasteiger partial charge on any atom is -0.291 e. The number of aromatic nitrogens is 1. The number of fused-ring (bicyclic) bond motifs is 1. The Labute approximate surface area is 127 Å². The van der Waals surface area contributed by atoms with Gasteiger partial charge in [0.25, 0.3) is 5.82 Å². The Morgan fingerprint density at radius 2 is 1.76 bits per heavy atom. The summed E-state index contributed by atoms with van der Waals surface area (Å²) < 4.78 is 2.23. The highest BCUT2D eigenvalue weighted by Gasteiger charge is 2.31. The van der Waals surface area contributed by atoms with Gasteiger partial charge in [-0.15, -0.1) is 0 Å². The standard InChI is InChI=1S/C18H22BN2/c1-13-10-18(20(5)12-14(13)2)21-15(3)17-9-7-6-8-16(17)11-19(21)4/h6-12H,1-5H3/q+1. The first-order valence-electron chi connectivity index (χ1n) is 7.53. The SMILES string of the molecule is CB1C=c2ccccc2=C(C)N1c1cc(C)c(C)c[n+]1C. The van der Waals surface area contributed by atoms with E-state index in [1.54, 1.807) is 0 Å². The van der Waals surface area contributed by atoms with Crippen LogP contribution in [0.1, 0.15) is 18.1 Å². The summed E-state index contributed by atoms with van der Waals surface area (Å²) in [5.41, 5.74) is 3.98. The maximum absolute atomic E-state index is 2.43. The molecule has 0 fully saturated rings. The zero-order chi connectivity index (χ0) is 15.1. The smallest absolute Gasteiger partial charge is 0.291 e. The fraction of sp³-hybridized carbons (Fsp3) is 0.278. The molecule has 0 radical (unpaired) electrons. The molecule has 21 heavy (non-hydrogen) atoms. The van der Waals surface area contributed by atoms with Gasteiger partial charge >= 0.3 is 6.85 Å². The molecule has 0 atom stereocenters. The van der Waals surface area contributed by atoms with E-state index in [1.807, 2.05) is 0 Å². The third kappa shape index (κ3) is 2.27. The number of pyridine rings is 1. The largest absolute Gasteiger partial charge is 0.402 e. The van der Waals surface area contributed by atoms with Crippen LogP contribution in [0.5, 0.6) is 0 Å². The summed E-state index contributed by atoms with van der Waals surface area (Å²) in [6, 6.07) is 10.9. The van der Waals surface area contributed by atoms with E-state index < -0.39 is 0 Å². The van der Waals surface area contributed by atoms with E-state index >= 15 is 0 Å². The molecular weight excluding hydrogens is 255 g/mol. The summed E-state index contributed by atoms with van der Waals surface area (Å²) in [5.74, 6) is 3.59. The third-order valence-corrected chi connectivity index (χ3v) is 4.50. The van der Waals surface area contributed by atoms with Gasteiger partial charge in [0.1, 0.15) is 0 Å². The van der Waals surface area contributed by atoms with Crippen molar-refractivity contribution in [2.45, 2.75) is 27.6 Å². The first-order chi connectivity index (χ1) is 9.99. The van der Waals surface area contributed by atoms with Crippen LogP contribution >= 0.6 is 0 Å². The molecule has 3 heteroatoms. The average Bonchev–Trinajstić information content (AvgIpc) is 2.44. The highest BCUT2D eigenvalue weighted by molar-refractivity contribution is 6.77. The molecule has 0 spiro atoms. The van der Waals surface area contributed by atoms with E-state index in [4.69, 9.17) is 0 Å². The average molecular weight is 277 g/mol. The second kappa shape index (κ2) is 5.07. The zero-order valence-corrected chi connectivity index (χ0v) is 13.5. The molecule has 0 N–H and O–H groups in total. The van der Waals surface area contributed by atoms with Crippen LogP contribution in [0, 0.1) is 13.8 Å². The normalized spacial score (nSPS) is 14.0. The highest BCUT2D eigenvalue weighted by Crippen LogP contribution is 2.20. The molecule has 0 amide bonds.